The molecule has 21 heavy (non-hydrogen) atoms. The quantitative estimate of drug-likeness (QED) is 0.382. The van der Waals surface area contributed by atoms with Gasteiger partial charge in [-0.15, -0.1) is 0 Å². The number of carbonyl (C=O) groups excluding carboxylic acids is 1. The van der Waals surface area contributed by atoms with Gasteiger partial charge >= 0.3 is 21.5 Å². The average molecular weight is 502 g/mol. The van der Waals surface area contributed by atoms with E-state index in [-0.39, 0.29) is 5.56 Å². The van der Waals surface area contributed by atoms with Gasteiger partial charge in [0.2, 0.25) is 0 Å². The number of alkyl halides is 3. The first-order valence-electron chi connectivity index (χ1n) is 5.23. The van der Waals surface area contributed by atoms with Crippen molar-refractivity contribution in [3.05, 3.63) is 31.8 Å². The van der Waals surface area contributed by atoms with Gasteiger partial charge < -0.3 is 4.74 Å². The Bertz CT molecular complexity index is 636. The van der Waals surface area contributed by atoms with E-state index in [1.165, 1.54) is 10.8 Å². The van der Waals surface area contributed by atoms with Crippen molar-refractivity contribution in [1.82, 2.24) is 4.72 Å². The van der Waals surface area contributed by atoms with Crippen LogP contribution in [0.3, 0.4) is 0 Å². The van der Waals surface area contributed by atoms with Crippen molar-refractivity contribution in [3.8, 4) is 0 Å². The second-order valence-electron chi connectivity index (χ2n) is 3.60. The highest BCUT2D eigenvalue weighted by Gasteiger charge is 2.45. The summed E-state index contributed by atoms with van der Waals surface area (Å²) in [5.74, 6) is -0.772. The van der Waals surface area contributed by atoms with Crippen LogP contribution in [0.2, 0.25) is 0 Å². The number of carbonyl (C=O) groups is 1. The second-order valence-corrected chi connectivity index (χ2v) is 7.46. The fourth-order valence-corrected chi connectivity index (χ4v) is 2.55. The van der Waals surface area contributed by atoms with Crippen molar-refractivity contribution in [2.75, 3.05) is 13.2 Å². The molecule has 11 heteroatoms. The van der Waals surface area contributed by atoms with Crippen molar-refractivity contribution < 1.29 is 31.1 Å². The maximum absolute atomic E-state index is 12.0. The Morgan fingerprint density at radius 2 is 2.00 bits per heavy atom. The van der Waals surface area contributed by atoms with Gasteiger partial charge in [0.15, 0.2) is 0 Å². The number of ether oxygens (including phenoxy) is 1. The third kappa shape index (κ3) is 5.38. The number of hydrogen-bond donors (Lipinski definition) is 1. The van der Waals surface area contributed by atoms with Gasteiger partial charge in [-0.25, -0.2) is 17.9 Å². The molecule has 0 saturated heterocycles. The fraction of sp³-hybridized carbons (Fsp3) is 0.300. The minimum Gasteiger partial charge on any atom is -0.461 e. The highest BCUT2D eigenvalue weighted by molar-refractivity contribution is 14.1. The van der Waals surface area contributed by atoms with E-state index < -0.39 is 34.7 Å². The van der Waals surface area contributed by atoms with Gasteiger partial charge in [-0.2, -0.15) is 13.2 Å². The van der Waals surface area contributed by atoms with Gasteiger partial charge in [-0.05, 0) is 56.7 Å². The summed E-state index contributed by atoms with van der Waals surface area (Å²) in [4.78, 5) is 11.7. The summed E-state index contributed by atoms with van der Waals surface area (Å²) in [6, 6.07) is 4.87. The number of rotatable bonds is 5. The molecule has 0 bridgehead atoms. The normalized spacial score (nSPS) is 12.2. The van der Waals surface area contributed by atoms with Crippen LogP contribution in [0.5, 0.6) is 0 Å². The van der Waals surface area contributed by atoms with Crippen molar-refractivity contribution in [1.29, 1.82) is 0 Å². The predicted octanol–water partition coefficient (Wildman–Crippen LogP) is 2.65. The van der Waals surface area contributed by atoms with Gasteiger partial charge in [-0.3, -0.25) is 0 Å². The summed E-state index contributed by atoms with van der Waals surface area (Å²) < 4.78 is 64.6. The molecule has 0 radical (unpaired) electrons. The second kappa shape index (κ2) is 7.24. The molecule has 0 unspecified atom stereocenters. The molecule has 0 aliphatic carbocycles. The zero-order valence-electron chi connectivity index (χ0n) is 10.1. The maximum atomic E-state index is 12.0. The Morgan fingerprint density at radius 3 is 2.57 bits per heavy atom. The summed E-state index contributed by atoms with van der Waals surface area (Å²) in [5, 5.41) is 0. The lowest BCUT2D eigenvalue weighted by atomic mass is 10.2. The molecule has 118 valence electrons. The minimum atomic E-state index is -5.43. The average Bonchev–Trinajstić information content (AvgIpc) is 2.36. The molecule has 0 atom stereocenters. The zero-order valence-corrected chi connectivity index (χ0v) is 14.6. The highest BCUT2D eigenvalue weighted by Crippen LogP contribution is 2.22. The molecule has 0 saturated carbocycles. The first-order chi connectivity index (χ1) is 9.54. The number of halogens is 5. The van der Waals surface area contributed by atoms with Crippen LogP contribution in [-0.4, -0.2) is 33.0 Å². The number of sulfonamides is 1. The first-order valence-corrected chi connectivity index (χ1v) is 8.58. The van der Waals surface area contributed by atoms with Crippen LogP contribution in [0.4, 0.5) is 13.2 Å². The van der Waals surface area contributed by atoms with E-state index in [4.69, 9.17) is 4.74 Å². The molecule has 0 fully saturated rings. The van der Waals surface area contributed by atoms with Crippen molar-refractivity contribution in [2.45, 2.75) is 5.51 Å². The molecule has 1 aromatic rings. The summed E-state index contributed by atoms with van der Waals surface area (Å²) in [6.07, 6.45) is 0. The largest absolute Gasteiger partial charge is 0.511 e. The predicted molar refractivity (Wildman–Crippen MR) is 80.1 cm³/mol. The summed E-state index contributed by atoms with van der Waals surface area (Å²) >= 11 is 5.11. The molecule has 5 nitrogen and oxygen atoms in total. The van der Waals surface area contributed by atoms with Crippen LogP contribution in [0.1, 0.15) is 10.4 Å². The van der Waals surface area contributed by atoms with Crippen molar-refractivity contribution >= 4 is 54.5 Å². The molecular formula is C10H8BrF3INO4S. The maximum Gasteiger partial charge on any atom is 0.511 e. The molecule has 0 aliphatic rings. The lowest BCUT2D eigenvalue weighted by Gasteiger charge is -2.10. The van der Waals surface area contributed by atoms with E-state index in [0.29, 0.717) is 4.47 Å². The molecule has 0 amide bonds. The van der Waals surface area contributed by atoms with E-state index in [9.17, 15) is 26.4 Å². The lowest BCUT2D eigenvalue weighted by Crippen LogP contribution is -2.38. The Kier molecular flexibility index (Phi) is 6.43. The van der Waals surface area contributed by atoms with E-state index in [1.807, 2.05) is 22.6 Å². The molecule has 0 spiro atoms. The molecule has 0 heterocycles. The summed E-state index contributed by atoms with van der Waals surface area (Å²) in [7, 11) is -5.43. The number of benzene rings is 1. The van der Waals surface area contributed by atoms with Gasteiger partial charge in [0, 0.05) is 14.6 Å². The summed E-state index contributed by atoms with van der Waals surface area (Å²) in [6.45, 7) is -1.19. The Hall–Kier alpha value is -0.400. The van der Waals surface area contributed by atoms with Crippen molar-refractivity contribution in [3.63, 3.8) is 0 Å². The Labute approximate surface area is 140 Å². The number of esters is 1. The van der Waals surface area contributed by atoms with Gasteiger partial charge in [0.25, 0.3) is 0 Å². The monoisotopic (exact) mass is 501 g/mol. The lowest BCUT2D eigenvalue weighted by molar-refractivity contribution is -0.0448. The number of nitrogens with one attached hydrogen (secondary N) is 1. The standard InChI is InChI=1S/C10H8BrF3INO4S/c11-8-2-1-6(15)5-7(8)9(17)20-4-3-16-21(18,19)10(12,13)14/h1-2,5,16H,3-4H2. The first kappa shape index (κ1) is 18.6. The fourth-order valence-electron chi connectivity index (χ4n) is 1.13. The van der Waals surface area contributed by atoms with Crippen LogP contribution in [-0.2, 0) is 14.8 Å². The minimum absolute atomic E-state index is 0.195. The van der Waals surface area contributed by atoms with Crippen LogP contribution in [0.15, 0.2) is 22.7 Å². The van der Waals surface area contributed by atoms with Crippen LogP contribution < -0.4 is 4.72 Å². The van der Waals surface area contributed by atoms with Crippen molar-refractivity contribution in [2.24, 2.45) is 0 Å². The van der Waals surface area contributed by atoms with Gasteiger partial charge in [-0.1, -0.05) is 0 Å². The summed E-state index contributed by atoms with van der Waals surface area (Å²) in [5.41, 5.74) is -5.20. The van der Waals surface area contributed by atoms with Gasteiger partial charge in [0.05, 0.1) is 5.56 Å². The zero-order chi connectivity index (χ0) is 16.3. The highest BCUT2D eigenvalue weighted by atomic mass is 127. The molecule has 1 aromatic carbocycles. The van der Waals surface area contributed by atoms with Crippen LogP contribution >= 0.6 is 38.5 Å². The number of hydrogen-bond acceptors (Lipinski definition) is 4. The molecule has 1 rings (SSSR count). The van der Waals surface area contributed by atoms with E-state index >= 15 is 0 Å². The SMILES string of the molecule is O=C(OCCNS(=O)(=O)C(F)(F)F)c1cc(I)ccc1Br. The molecular weight excluding hydrogens is 494 g/mol. The molecule has 0 aromatic heterocycles. The van der Waals surface area contributed by atoms with E-state index in [2.05, 4.69) is 15.9 Å². The van der Waals surface area contributed by atoms with Gasteiger partial charge in [0.1, 0.15) is 6.61 Å². The Morgan fingerprint density at radius 1 is 1.38 bits per heavy atom. The van der Waals surface area contributed by atoms with E-state index in [0.717, 1.165) is 3.57 Å². The molecule has 0 aliphatic heterocycles. The third-order valence-corrected chi connectivity index (χ3v) is 4.64. The topological polar surface area (TPSA) is 72.5 Å². The smallest absolute Gasteiger partial charge is 0.461 e. The third-order valence-electron chi connectivity index (χ3n) is 2.08. The Balaban J connectivity index is 2.54. The van der Waals surface area contributed by atoms with Crippen LogP contribution in [0, 0.1) is 3.57 Å². The van der Waals surface area contributed by atoms with E-state index in [1.54, 1.807) is 12.1 Å². The molecule has 1 N–H and O–H groups in total. The van der Waals surface area contributed by atoms with Crippen LogP contribution in [0.25, 0.3) is 0 Å².